The first-order chi connectivity index (χ1) is 12.1. The van der Waals surface area contributed by atoms with Crippen LogP contribution >= 0.6 is 0 Å². The number of methoxy groups -OCH3 is 1. The van der Waals surface area contributed by atoms with Gasteiger partial charge in [-0.05, 0) is 50.5 Å². The predicted octanol–water partition coefficient (Wildman–Crippen LogP) is 2.96. The van der Waals surface area contributed by atoms with E-state index in [1.165, 1.54) is 19.3 Å². The van der Waals surface area contributed by atoms with E-state index in [1.54, 1.807) is 7.11 Å². The summed E-state index contributed by atoms with van der Waals surface area (Å²) in [6.07, 6.45) is 5.98. The lowest BCUT2D eigenvalue weighted by Gasteiger charge is -2.64. The molecule has 1 aromatic carbocycles. The molecule has 4 rings (SSSR count). The molecular weight excluding hydrogens is 316 g/mol. The van der Waals surface area contributed by atoms with E-state index in [9.17, 15) is 4.79 Å². The third-order valence-corrected chi connectivity index (χ3v) is 6.37. The first-order valence-electron chi connectivity index (χ1n) is 9.44. The van der Waals surface area contributed by atoms with Crippen molar-refractivity contribution in [3.05, 3.63) is 24.3 Å². The Morgan fingerprint density at radius 3 is 2.76 bits per heavy atom. The van der Waals surface area contributed by atoms with Gasteiger partial charge in [-0.1, -0.05) is 6.42 Å². The van der Waals surface area contributed by atoms with Crippen LogP contribution in [0.25, 0.3) is 0 Å². The van der Waals surface area contributed by atoms with Gasteiger partial charge in [0.1, 0.15) is 5.75 Å². The highest BCUT2D eigenvalue weighted by Crippen LogP contribution is 2.62. The minimum absolute atomic E-state index is 0.0476. The summed E-state index contributed by atoms with van der Waals surface area (Å²) in [5.41, 5.74) is 1.17. The number of carbonyl (C=O) groups is 1. The van der Waals surface area contributed by atoms with Crippen LogP contribution in [0, 0.1) is 11.3 Å². The number of nitrogens with one attached hydrogen (secondary N) is 2. The Labute approximate surface area is 149 Å². The van der Waals surface area contributed by atoms with E-state index >= 15 is 0 Å². The lowest BCUT2D eigenvalue weighted by molar-refractivity contribution is -0.178. The Hall–Kier alpha value is -1.59. The molecule has 4 atom stereocenters. The van der Waals surface area contributed by atoms with Crippen LogP contribution in [0.5, 0.6) is 5.75 Å². The maximum absolute atomic E-state index is 12.3. The molecule has 5 nitrogen and oxygen atoms in total. The zero-order valence-electron chi connectivity index (χ0n) is 15.1. The van der Waals surface area contributed by atoms with E-state index in [0.717, 1.165) is 24.5 Å². The van der Waals surface area contributed by atoms with Crippen molar-refractivity contribution in [2.24, 2.45) is 11.3 Å². The molecule has 0 aromatic heterocycles. The number of hydrogen-bond acceptors (Lipinski definition) is 4. The minimum Gasteiger partial charge on any atom is -0.497 e. The van der Waals surface area contributed by atoms with Gasteiger partial charge in [0.05, 0.1) is 13.2 Å². The van der Waals surface area contributed by atoms with Crippen LogP contribution in [0.2, 0.25) is 0 Å². The average molecular weight is 344 g/mol. The smallest absolute Gasteiger partial charge is 0.225 e. The molecule has 1 amide bonds. The van der Waals surface area contributed by atoms with Gasteiger partial charge in [0.15, 0.2) is 0 Å². The second-order valence-electron chi connectivity index (χ2n) is 7.86. The fourth-order valence-electron chi connectivity index (χ4n) is 5.02. The number of fused-ring (bicyclic) bond motifs is 2. The number of rotatable bonds is 6. The quantitative estimate of drug-likeness (QED) is 0.833. The number of amides is 1. The van der Waals surface area contributed by atoms with Crippen LogP contribution in [0.1, 0.15) is 39.0 Å². The summed E-state index contributed by atoms with van der Waals surface area (Å²) in [4.78, 5) is 12.3. The predicted molar refractivity (Wildman–Crippen MR) is 96.8 cm³/mol. The molecular formula is C20H28N2O3. The number of benzene rings is 1. The van der Waals surface area contributed by atoms with E-state index in [0.29, 0.717) is 29.9 Å². The van der Waals surface area contributed by atoms with Gasteiger partial charge < -0.3 is 20.1 Å². The van der Waals surface area contributed by atoms with Crippen molar-refractivity contribution in [1.29, 1.82) is 0 Å². The molecule has 2 aliphatic carbocycles. The highest BCUT2D eigenvalue weighted by atomic mass is 16.5. The number of anilines is 1. The topological polar surface area (TPSA) is 59.6 Å². The summed E-state index contributed by atoms with van der Waals surface area (Å²) in [7, 11) is 1.64. The Morgan fingerprint density at radius 1 is 1.36 bits per heavy atom. The monoisotopic (exact) mass is 344 g/mol. The normalized spacial score (nSPS) is 30.1. The number of carbonyl (C=O) groups excluding carboxylic acids is 1. The van der Waals surface area contributed by atoms with Gasteiger partial charge in [0.2, 0.25) is 5.91 Å². The molecule has 3 aliphatic rings. The van der Waals surface area contributed by atoms with Crippen LogP contribution in [-0.4, -0.2) is 37.8 Å². The van der Waals surface area contributed by atoms with Crippen molar-refractivity contribution < 1.29 is 14.3 Å². The van der Waals surface area contributed by atoms with E-state index in [2.05, 4.69) is 17.6 Å². The van der Waals surface area contributed by atoms with Crippen LogP contribution < -0.4 is 15.4 Å². The summed E-state index contributed by atoms with van der Waals surface area (Å²) in [5, 5.41) is 6.72. The summed E-state index contributed by atoms with van der Waals surface area (Å²) >= 11 is 0. The summed E-state index contributed by atoms with van der Waals surface area (Å²) in [6.45, 7) is 3.02. The molecule has 2 saturated carbocycles. The Bertz CT molecular complexity index is 626. The van der Waals surface area contributed by atoms with Gasteiger partial charge in [-0.2, -0.15) is 0 Å². The minimum atomic E-state index is 0.0476. The molecule has 4 unspecified atom stereocenters. The third kappa shape index (κ3) is 2.93. The molecule has 25 heavy (non-hydrogen) atoms. The van der Waals surface area contributed by atoms with E-state index in [4.69, 9.17) is 9.47 Å². The molecule has 1 aliphatic heterocycles. The van der Waals surface area contributed by atoms with Crippen LogP contribution in [-0.2, 0) is 9.53 Å². The lowest BCUT2D eigenvalue weighted by Crippen LogP contribution is -2.72. The van der Waals surface area contributed by atoms with E-state index < -0.39 is 0 Å². The number of ether oxygens (including phenoxy) is 2. The Balaban J connectivity index is 1.29. The molecule has 5 heteroatoms. The first-order valence-corrected chi connectivity index (χ1v) is 9.44. The molecule has 1 saturated heterocycles. The van der Waals surface area contributed by atoms with Gasteiger partial charge in [-0.3, -0.25) is 4.79 Å². The number of hydrogen-bond donors (Lipinski definition) is 2. The van der Waals surface area contributed by atoms with Crippen LogP contribution in [0.15, 0.2) is 24.3 Å². The SMILES string of the molecule is COc1ccc(NC(=O)CC(C)NC2C3CCOC3C23CCC3)cc1. The highest BCUT2D eigenvalue weighted by molar-refractivity contribution is 5.91. The van der Waals surface area contributed by atoms with Gasteiger partial charge in [-0.25, -0.2) is 0 Å². The third-order valence-electron chi connectivity index (χ3n) is 6.37. The second-order valence-corrected chi connectivity index (χ2v) is 7.86. The largest absolute Gasteiger partial charge is 0.497 e. The van der Waals surface area contributed by atoms with Crippen molar-refractivity contribution in [3.63, 3.8) is 0 Å². The molecule has 1 spiro atoms. The zero-order valence-corrected chi connectivity index (χ0v) is 15.1. The van der Waals surface area contributed by atoms with Gasteiger partial charge in [0, 0.05) is 42.1 Å². The molecule has 3 fully saturated rings. The van der Waals surface area contributed by atoms with Gasteiger partial charge >= 0.3 is 0 Å². The fourth-order valence-corrected chi connectivity index (χ4v) is 5.02. The summed E-state index contributed by atoms with van der Waals surface area (Å²) in [5.74, 6) is 1.48. The van der Waals surface area contributed by atoms with Crippen molar-refractivity contribution >= 4 is 11.6 Å². The van der Waals surface area contributed by atoms with Crippen molar-refractivity contribution in [1.82, 2.24) is 5.32 Å². The molecule has 136 valence electrons. The Morgan fingerprint density at radius 2 is 2.12 bits per heavy atom. The van der Waals surface area contributed by atoms with Crippen molar-refractivity contribution in [2.45, 2.75) is 57.2 Å². The molecule has 1 aromatic rings. The zero-order chi connectivity index (χ0) is 17.4. The molecule has 2 N–H and O–H groups in total. The van der Waals surface area contributed by atoms with Gasteiger partial charge in [0.25, 0.3) is 0 Å². The lowest BCUT2D eigenvalue weighted by atomic mass is 9.46. The van der Waals surface area contributed by atoms with Crippen molar-refractivity contribution in [2.75, 3.05) is 19.0 Å². The molecule has 0 radical (unpaired) electrons. The molecule has 0 bridgehead atoms. The maximum Gasteiger partial charge on any atom is 0.225 e. The van der Waals surface area contributed by atoms with Crippen LogP contribution in [0.4, 0.5) is 5.69 Å². The summed E-state index contributed by atoms with van der Waals surface area (Å²) in [6, 6.07) is 8.13. The van der Waals surface area contributed by atoms with Crippen LogP contribution in [0.3, 0.4) is 0 Å². The second kappa shape index (κ2) is 6.61. The first kappa shape index (κ1) is 16.9. The standard InChI is InChI=1S/C20H28N2O3/c1-13(12-17(23)22-14-4-6-15(24-2)7-5-14)21-18-16-8-11-25-19(16)20(18)9-3-10-20/h4-7,13,16,18-19,21H,3,8-12H2,1-2H3,(H,22,23). The maximum atomic E-state index is 12.3. The highest BCUT2D eigenvalue weighted by Gasteiger charge is 2.66. The summed E-state index contributed by atoms with van der Waals surface area (Å²) < 4.78 is 11.1. The Kier molecular flexibility index (Phi) is 4.46. The van der Waals surface area contributed by atoms with Crippen molar-refractivity contribution in [3.8, 4) is 5.75 Å². The van der Waals surface area contributed by atoms with E-state index in [-0.39, 0.29) is 11.9 Å². The fraction of sp³-hybridized carbons (Fsp3) is 0.650. The average Bonchev–Trinajstić information content (AvgIpc) is 2.97. The van der Waals surface area contributed by atoms with E-state index in [1.807, 2.05) is 24.3 Å². The van der Waals surface area contributed by atoms with Gasteiger partial charge in [-0.15, -0.1) is 0 Å². The molecule has 1 heterocycles.